The summed E-state index contributed by atoms with van der Waals surface area (Å²) >= 11 is 0. The van der Waals surface area contributed by atoms with Crippen molar-refractivity contribution in [1.82, 2.24) is 4.90 Å². The van der Waals surface area contributed by atoms with Crippen molar-refractivity contribution < 1.29 is 4.74 Å². The van der Waals surface area contributed by atoms with Crippen molar-refractivity contribution in [3.8, 4) is 0 Å². The fourth-order valence-electron chi connectivity index (χ4n) is 1.19. The molecule has 0 unspecified atom stereocenters. The van der Waals surface area contributed by atoms with Gasteiger partial charge in [0.1, 0.15) is 0 Å². The van der Waals surface area contributed by atoms with Gasteiger partial charge in [-0.3, -0.25) is 0 Å². The van der Waals surface area contributed by atoms with Gasteiger partial charge in [0.25, 0.3) is 0 Å². The molecule has 16 heavy (non-hydrogen) atoms. The van der Waals surface area contributed by atoms with Gasteiger partial charge in [-0.15, -0.1) is 0 Å². The van der Waals surface area contributed by atoms with Crippen molar-refractivity contribution in [3.05, 3.63) is 23.5 Å². The predicted molar refractivity (Wildman–Crippen MR) is 68.8 cm³/mol. The van der Waals surface area contributed by atoms with Crippen LogP contribution in [0.5, 0.6) is 0 Å². The molecule has 4 nitrogen and oxygen atoms in total. The molecule has 0 aromatic rings. The Kier molecular flexibility index (Phi) is 8.66. The molecule has 0 saturated heterocycles. The van der Waals surface area contributed by atoms with E-state index in [4.69, 9.17) is 16.2 Å². The summed E-state index contributed by atoms with van der Waals surface area (Å²) in [5.41, 5.74) is 12.6. The van der Waals surface area contributed by atoms with Gasteiger partial charge in [0.15, 0.2) is 0 Å². The lowest BCUT2D eigenvalue weighted by Crippen LogP contribution is -2.30. The molecule has 94 valence electrons. The molecular weight excluding hydrogens is 202 g/mol. The van der Waals surface area contributed by atoms with Gasteiger partial charge in [0, 0.05) is 26.2 Å². The van der Waals surface area contributed by atoms with Crippen molar-refractivity contribution >= 4 is 0 Å². The van der Waals surface area contributed by atoms with Gasteiger partial charge in [0.05, 0.1) is 12.4 Å². The van der Waals surface area contributed by atoms with E-state index in [-0.39, 0.29) is 0 Å². The van der Waals surface area contributed by atoms with Crippen LogP contribution >= 0.6 is 0 Å². The van der Waals surface area contributed by atoms with Crippen molar-refractivity contribution in [2.75, 3.05) is 32.8 Å². The van der Waals surface area contributed by atoms with E-state index >= 15 is 0 Å². The average molecular weight is 227 g/mol. The van der Waals surface area contributed by atoms with Crippen LogP contribution in [0.4, 0.5) is 0 Å². The van der Waals surface area contributed by atoms with Crippen LogP contribution in [0.25, 0.3) is 0 Å². The largest absolute Gasteiger partial charge is 0.385 e. The van der Waals surface area contributed by atoms with Crippen LogP contribution in [-0.2, 0) is 4.74 Å². The Labute approximate surface area is 98.9 Å². The Morgan fingerprint density at radius 3 is 2.50 bits per heavy atom. The summed E-state index contributed by atoms with van der Waals surface area (Å²) in [5.74, 6) is 0.759. The lowest BCUT2D eigenvalue weighted by Gasteiger charge is -2.22. The highest BCUT2D eigenvalue weighted by Gasteiger charge is 2.02. The number of hydrogen-bond donors (Lipinski definition) is 2. The van der Waals surface area contributed by atoms with E-state index < -0.39 is 0 Å². The molecule has 0 radical (unpaired) electrons. The SMILES string of the molecule is CCOCCN(CC)/C(N)=C/C=C(/C)CN. The molecule has 0 aromatic carbocycles. The van der Waals surface area contributed by atoms with E-state index in [9.17, 15) is 0 Å². The van der Waals surface area contributed by atoms with Gasteiger partial charge in [-0.25, -0.2) is 0 Å². The van der Waals surface area contributed by atoms with Crippen LogP contribution in [-0.4, -0.2) is 37.7 Å². The maximum Gasteiger partial charge on any atom is 0.0987 e. The lowest BCUT2D eigenvalue weighted by molar-refractivity contribution is 0.125. The molecule has 4 heteroatoms. The number of nitrogens with two attached hydrogens (primary N) is 2. The third-order valence-electron chi connectivity index (χ3n) is 2.32. The molecule has 0 aliphatic carbocycles. The van der Waals surface area contributed by atoms with E-state index in [1.807, 2.05) is 26.0 Å². The highest BCUT2D eigenvalue weighted by molar-refractivity contribution is 5.15. The van der Waals surface area contributed by atoms with Crippen LogP contribution in [0.1, 0.15) is 20.8 Å². The maximum absolute atomic E-state index is 5.96. The molecule has 0 aromatic heterocycles. The summed E-state index contributed by atoms with van der Waals surface area (Å²) in [6.45, 7) is 9.77. The number of likely N-dealkylation sites (N-methyl/N-ethyl adjacent to an activating group) is 1. The Morgan fingerprint density at radius 2 is 2.00 bits per heavy atom. The van der Waals surface area contributed by atoms with Crippen LogP contribution in [0.15, 0.2) is 23.5 Å². The summed E-state index contributed by atoms with van der Waals surface area (Å²) < 4.78 is 5.30. The third kappa shape index (κ3) is 6.48. The zero-order chi connectivity index (χ0) is 12.4. The van der Waals surface area contributed by atoms with Crippen LogP contribution in [0.3, 0.4) is 0 Å². The second-order valence-corrected chi connectivity index (χ2v) is 3.59. The number of hydrogen-bond acceptors (Lipinski definition) is 4. The molecule has 0 saturated carbocycles. The van der Waals surface area contributed by atoms with Gasteiger partial charge in [-0.1, -0.05) is 11.6 Å². The molecule has 0 fully saturated rings. The average Bonchev–Trinajstić information content (AvgIpc) is 2.31. The molecular formula is C12H25N3O. The maximum atomic E-state index is 5.96. The molecule has 0 aliphatic heterocycles. The third-order valence-corrected chi connectivity index (χ3v) is 2.32. The summed E-state index contributed by atoms with van der Waals surface area (Å²) in [6, 6.07) is 0. The van der Waals surface area contributed by atoms with E-state index in [0.717, 1.165) is 31.1 Å². The van der Waals surface area contributed by atoms with Crippen molar-refractivity contribution in [2.45, 2.75) is 20.8 Å². The molecule has 0 rings (SSSR count). The minimum Gasteiger partial charge on any atom is -0.385 e. The first-order valence-corrected chi connectivity index (χ1v) is 5.81. The lowest BCUT2D eigenvalue weighted by atomic mass is 10.3. The fourth-order valence-corrected chi connectivity index (χ4v) is 1.19. The monoisotopic (exact) mass is 227 g/mol. The molecule has 0 bridgehead atoms. The number of rotatable bonds is 8. The van der Waals surface area contributed by atoms with Crippen LogP contribution in [0, 0.1) is 0 Å². The highest BCUT2D eigenvalue weighted by Crippen LogP contribution is 1.99. The topological polar surface area (TPSA) is 64.5 Å². The Morgan fingerprint density at radius 1 is 1.31 bits per heavy atom. The number of ether oxygens (including phenoxy) is 1. The summed E-state index contributed by atoms with van der Waals surface area (Å²) in [7, 11) is 0. The quantitative estimate of drug-likeness (QED) is 0.480. The fraction of sp³-hybridized carbons (Fsp3) is 0.667. The predicted octanol–water partition coefficient (Wildman–Crippen LogP) is 1.05. The smallest absolute Gasteiger partial charge is 0.0987 e. The van der Waals surface area contributed by atoms with Crippen molar-refractivity contribution in [3.63, 3.8) is 0 Å². The molecule has 0 spiro atoms. The molecule has 0 atom stereocenters. The summed E-state index contributed by atoms with van der Waals surface area (Å²) in [5, 5.41) is 0. The number of nitrogens with zero attached hydrogens (tertiary/aromatic N) is 1. The Bertz CT molecular complexity index is 236. The second kappa shape index (κ2) is 9.24. The van der Waals surface area contributed by atoms with E-state index in [0.29, 0.717) is 13.2 Å². The molecule has 0 amide bonds. The normalized spacial score (nSPS) is 13.0. The molecule has 0 aliphatic rings. The molecule has 0 heterocycles. The first kappa shape index (κ1) is 15.0. The summed E-state index contributed by atoms with van der Waals surface area (Å²) in [6.07, 6.45) is 3.86. The van der Waals surface area contributed by atoms with Crippen LogP contribution in [0.2, 0.25) is 0 Å². The second-order valence-electron chi connectivity index (χ2n) is 3.59. The minimum atomic E-state index is 0.564. The Hall–Kier alpha value is -1.00. The van der Waals surface area contributed by atoms with E-state index in [2.05, 4.69) is 11.8 Å². The Balaban J connectivity index is 4.23. The van der Waals surface area contributed by atoms with Gasteiger partial charge in [-0.05, 0) is 26.8 Å². The van der Waals surface area contributed by atoms with E-state index in [1.54, 1.807) is 0 Å². The van der Waals surface area contributed by atoms with Gasteiger partial charge >= 0.3 is 0 Å². The zero-order valence-corrected chi connectivity index (χ0v) is 10.7. The van der Waals surface area contributed by atoms with Crippen LogP contribution < -0.4 is 11.5 Å². The number of allylic oxidation sites excluding steroid dienone is 2. The van der Waals surface area contributed by atoms with Gasteiger partial charge in [-0.2, -0.15) is 0 Å². The van der Waals surface area contributed by atoms with E-state index in [1.165, 1.54) is 0 Å². The van der Waals surface area contributed by atoms with Gasteiger partial charge in [0.2, 0.25) is 0 Å². The minimum absolute atomic E-state index is 0.564. The van der Waals surface area contributed by atoms with Gasteiger partial charge < -0.3 is 21.1 Å². The van der Waals surface area contributed by atoms with Crippen molar-refractivity contribution in [1.29, 1.82) is 0 Å². The zero-order valence-electron chi connectivity index (χ0n) is 10.7. The van der Waals surface area contributed by atoms with Crippen molar-refractivity contribution in [2.24, 2.45) is 11.5 Å². The molecule has 4 N–H and O–H groups in total. The standard InChI is InChI=1S/C12H25N3O/c1-4-15(8-9-16-5-2)12(14)7-6-11(3)10-13/h6-7H,4-5,8-10,13-14H2,1-3H3/b11-6-,12-7+. The highest BCUT2D eigenvalue weighted by atomic mass is 16.5. The first-order valence-electron chi connectivity index (χ1n) is 5.81. The summed E-state index contributed by atoms with van der Waals surface area (Å²) in [4.78, 5) is 2.08. The first-order chi connectivity index (χ1) is 7.65.